The minimum absolute atomic E-state index is 0.0691. The Kier molecular flexibility index (Phi) is 5.28. The highest BCUT2D eigenvalue weighted by atomic mass is 16.2. The number of carbonyl (C=O) groups is 2. The quantitative estimate of drug-likeness (QED) is 0.660. The minimum Gasteiger partial charge on any atom is -0.378 e. The molecule has 162 valence electrons. The number of allylic oxidation sites excluding steroid dienone is 2. The Morgan fingerprint density at radius 3 is 2.29 bits per heavy atom. The third kappa shape index (κ3) is 3.80. The van der Waals surface area contributed by atoms with Gasteiger partial charge in [0.05, 0.1) is 5.69 Å². The average molecular weight is 417 g/mol. The molecule has 4 rings (SSSR count). The summed E-state index contributed by atoms with van der Waals surface area (Å²) in [5.74, 6) is 0.0686. The standard InChI is InChI=1S/C27H32N2O2/c1-17-8-7-9-22(18(17)2)29-23-15-27(3,4)16-24(30)26(23)21(14-25(29)31)19-10-12-20(13-11-19)28(5)6/h7-13,21H,14-16H2,1-6H3. The van der Waals surface area contributed by atoms with E-state index in [2.05, 4.69) is 62.9 Å². The van der Waals surface area contributed by atoms with Gasteiger partial charge >= 0.3 is 0 Å². The number of ketones is 1. The van der Waals surface area contributed by atoms with Gasteiger partial charge in [0.2, 0.25) is 5.91 Å². The van der Waals surface area contributed by atoms with Crippen molar-refractivity contribution in [2.75, 3.05) is 23.9 Å². The second kappa shape index (κ2) is 7.67. The monoisotopic (exact) mass is 416 g/mol. The Morgan fingerprint density at radius 1 is 0.968 bits per heavy atom. The van der Waals surface area contributed by atoms with Crippen LogP contribution in [-0.4, -0.2) is 25.8 Å². The molecule has 0 spiro atoms. The fraction of sp³-hybridized carbons (Fsp3) is 0.407. The lowest BCUT2D eigenvalue weighted by molar-refractivity contribution is -0.121. The molecule has 0 fully saturated rings. The van der Waals surface area contributed by atoms with Crippen LogP contribution in [0.5, 0.6) is 0 Å². The summed E-state index contributed by atoms with van der Waals surface area (Å²) in [5.41, 5.74) is 6.86. The van der Waals surface area contributed by atoms with Gasteiger partial charge in [0.25, 0.3) is 0 Å². The zero-order valence-corrected chi connectivity index (χ0v) is 19.5. The number of Topliss-reactive ketones (excluding diaryl/α,β-unsaturated/α-hetero) is 1. The van der Waals surface area contributed by atoms with Crippen LogP contribution < -0.4 is 9.80 Å². The fourth-order valence-corrected chi connectivity index (χ4v) is 4.96. The highest BCUT2D eigenvalue weighted by Crippen LogP contribution is 2.48. The smallest absolute Gasteiger partial charge is 0.232 e. The van der Waals surface area contributed by atoms with Crippen LogP contribution >= 0.6 is 0 Å². The van der Waals surface area contributed by atoms with Gasteiger partial charge in [-0.25, -0.2) is 0 Å². The minimum atomic E-state index is -0.177. The molecule has 0 aromatic heterocycles. The Morgan fingerprint density at radius 2 is 1.65 bits per heavy atom. The number of amides is 1. The van der Waals surface area contributed by atoms with Crippen LogP contribution in [0.1, 0.15) is 55.7 Å². The van der Waals surface area contributed by atoms with E-state index in [0.29, 0.717) is 12.8 Å². The molecule has 1 amide bonds. The van der Waals surface area contributed by atoms with Crippen LogP contribution in [0.25, 0.3) is 0 Å². The van der Waals surface area contributed by atoms with E-state index in [4.69, 9.17) is 0 Å². The molecule has 1 aliphatic carbocycles. The number of aryl methyl sites for hydroxylation is 1. The largest absolute Gasteiger partial charge is 0.378 e. The molecule has 2 aliphatic rings. The molecule has 31 heavy (non-hydrogen) atoms. The third-order valence-corrected chi connectivity index (χ3v) is 6.77. The van der Waals surface area contributed by atoms with Crippen molar-refractivity contribution < 1.29 is 9.59 Å². The van der Waals surface area contributed by atoms with Gasteiger partial charge in [0, 0.05) is 49.8 Å². The van der Waals surface area contributed by atoms with E-state index in [-0.39, 0.29) is 23.0 Å². The molecule has 2 aromatic rings. The number of carbonyl (C=O) groups excluding carboxylic acids is 2. The molecule has 4 heteroatoms. The number of hydrogen-bond donors (Lipinski definition) is 0. The number of hydrogen-bond acceptors (Lipinski definition) is 3. The van der Waals surface area contributed by atoms with Crippen LogP contribution in [0.2, 0.25) is 0 Å². The maximum Gasteiger partial charge on any atom is 0.232 e. The summed E-state index contributed by atoms with van der Waals surface area (Å²) in [5, 5.41) is 0. The first-order valence-corrected chi connectivity index (χ1v) is 11.0. The Bertz CT molecular complexity index is 1080. The lowest BCUT2D eigenvalue weighted by Gasteiger charge is -2.43. The lowest BCUT2D eigenvalue weighted by Crippen LogP contribution is -2.44. The van der Waals surface area contributed by atoms with Crippen molar-refractivity contribution >= 4 is 23.1 Å². The van der Waals surface area contributed by atoms with Crippen LogP contribution in [0.4, 0.5) is 11.4 Å². The summed E-state index contributed by atoms with van der Waals surface area (Å²) in [6.45, 7) is 8.36. The molecule has 0 radical (unpaired) electrons. The summed E-state index contributed by atoms with van der Waals surface area (Å²) >= 11 is 0. The molecule has 4 nitrogen and oxygen atoms in total. The summed E-state index contributed by atoms with van der Waals surface area (Å²) in [6, 6.07) is 14.3. The molecule has 0 saturated carbocycles. The highest BCUT2D eigenvalue weighted by Gasteiger charge is 2.44. The first kappa shape index (κ1) is 21.4. The Labute approximate surface area is 185 Å². The van der Waals surface area contributed by atoms with E-state index in [1.807, 2.05) is 31.1 Å². The predicted molar refractivity (Wildman–Crippen MR) is 127 cm³/mol. The van der Waals surface area contributed by atoms with Crippen LogP contribution in [-0.2, 0) is 9.59 Å². The Balaban J connectivity index is 1.88. The van der Waals surface area contributed by atoms with Crippen molar-refractivity contribution in [1.29, 1.82) is 0 Å². The first-order chi connectivity index (χ1) is 14.6. The number of anilines is 2. The maximum atomic E-state index is 13.6. The van der Waals surface area contributed by atoms with E-state index in [1.54, 1.807) is 0 Å². The van der Waals surface area contributed by atoms with Gasteiger partial charge in [-0.15, -0.1) is 0 Å². The van der Waals surface area contributed by atoms with Gasteiger partial charge in [-0.1, -0.05) is 38.1 Å². The van der Waals surface area contributed by atoms with Crippen molar-refractivity contribution in [2.24, 2.45) is 5.41 Å². The zero-order valence-electron chi connectivity index (χ0n) is 19.5. The van der Waals surface area contributed by atoms with Crippen molar-refractivity contribution in [1.82, 2.24) is 0 Å². The van der Waals surface area contributed by atoms with Gasteiger partial charge < -0.3 is 4.90 Å². The zero-order chi connectivity index (χ0) is 22.5. The van der Waals surface area contributed by atoms with Crippen molar-refractivity contribution in [3.05, 3.63) is 70.4 Å². The second-order valence-electron chi connectivity index (χ2n) is 9.99. The molecule has 0 bridgehead atoms. The highest BCUT2D eigenvalue weighted by molar-refractivity contribution is 6.08. The fourth-order valence-electron chi connectivity index (χ4n) is 4.96. The SMILES string of the molecule is Cc1cccc(N2C(=O)CC(c3ccc(N(C)C)cc3)C3=C2CC(C)(C)CC3=O)c1C. The first-order valence-electron chi connectivity index (χ1n) is 11.0. The van der Waals surface area contributed by atoms with E-state index < -0.39 is 0 Å². The van der Waals surface area contributed by atoms with Crippen LogP contribution in [0.15, 0.2) is 53.7 Å². The summed E-state index contributed by atoms with van der Waals surface area (Å²) in [7, 11) is 4.02. The van der Waals surface area contributed by atoms with Gasteiger partial charge in [-0.05, 0) is 60.6 Å². The number of benzene rings is 2. The van der Waals surface area contributed by atoms with E-state index in [9.17, 15) is 9.59 Å². The van der Waals surface area contributed by atoms with Gasteiger partial charge in [0.1, 0.15) is 0 Å². The average Bonchev–Trinajstić information content (AvgIpc) is 2.69. The third-order valence-electron chi connectivity index (χ3n) is 6.77. The molecule has 1 atom stereocenters. The lowest BCUT2D eigenvalue weighted by atomic mass is 9.69. The number of nitrogens with zero attached hydrogens (tertiary/aromatic N) is 2. The van der Waals surface area contributed by atoms with E-state index >= 15 is 0 Å². The van der Waals surface area contributed by atoms with Crippen LogP contribution in [0, 0.1) is 19.3 Å². The summed E-state index contributed by atoms with van der Waals surface area (Å²) in [6.07, 6.45) is 1.56. The van der Waals surface area contributed by atoms with Crippen molar-refractivity contribution in [3.63, 3.8) is 0 Å². The van der Waals surface area contributed by atoms with Crippen LogP contribution in [0.3, 0.4) is 0 Å². The molecule has 0 saturated heterocycles. The summed E-state index contributed by atoms with van der Waals surface area (Å²) < 4.78 is 0. The topological polar surface area (TPSA) is 40.6 Å². The van der Waals surface area contributed by atoms with E-state index in [0.717, 1.165) is 45.8 Å². The molecule has 1 heterocycles. The van der Waals surface area contributed by atoms with Crippen molar-refractivity contribution in [3.8, 4) is 0 Å². The van der Waals surface area contributed by atoms with E-state index in [1.165, 1.54) is 0 Å². The predicted octanol–water partition coefficient (Wildman–Crippen LogP) is 5.53. The number of rotatable bonds is 3. The summed E-state index contributed by atoms with van der Waals surface area (Å²) in [4.78, 5) is 30.9. The van der Waals surface area contributed by atoms with Gasteiger partial charge in [0.15, 0.2) is 5.78 Å². The van der Waals surface area contributed by atoms with Crippen molar-refractivity contribution in [2.45, 2.75) is 52.9 Å². The molecular weight excluding hydrogens is 384 g/mol. The second-order valence-corrected chi connectivity index (χ2v) is 9.99. The maximum absolute atomic E-state index is 13.6. The molecular formula is C27H32N2O2. The Hall–Kier alpha value is -2.88. The molecule has 1 unspecified atom stereocenters. The molecule has 1 aliphatic heterocycles. The normalized spacial score (nSPS) is 20.7. The molecule has 2 aromatic carbocycles. The van der Waals surface area contributed by atoms with Gasteiger partial charge in [-0.3, -0.25) is 14.5 Å². The van der Waals surface area contributed by atoms with Gasteiger partial charge in [-0.2, -0.15) is 0 Å². The molecule has 0 N–H and O–H groups in total.